The first-order valence-electron chi connectivity index (χ1n) is 7.88. The lowest BCUT2D eigenvalue weighted by atomic mass is 9.97. The predicted octanol–water partition coefficient (Wildman–Crippen LogP) is 2.73. The van der Waals surface area contributed by atoms with Crippen molar-refractivity contribution in [2.75, 3.05) is 0 Å². The molecule has 0 fully saturated rings. The Morgan fingerprint density at radius 3 is 2.82 bits per heavy atom. The number of aromatic nitrogens is 3. The molecular weight excluding hydrogens is 274 g/mol. The molecule has 0 N–H and O–H groups in total. The zero-order chi connectivity index (χ0) is 15.1. The Kier molecular flexibility index (Phi) is 3.10. The normalized spacial score (nSPS) is 14.2. The van der Waals surface area contributed by atoms with Crippen LogP contribution < -0.4 is 5.56 Å². The number of fused-ring (bicyclic) bond motifs is 3. The monoisotopic (exact) mass is 293 g/mol. The van der Waals surface area contributed by atoms with Gasteiger partial charge in [-0.3, -0.25) is 4.79 Å². The number of hydrogen-bond donors (Lipinski definition) is 0. The maximum atomic E-state index is 12.9. The van der Waals surface area contributed by atoms with Crippen molar-refractivity contribution in [1.82, 2.24) is 14.2 Å². The molecule has 0 spiro atoms. The van der Waals surface area contributed by atoms with Crippen LogP contribution in [0, 0.1) is 6.92 Å². The molecular formula is C18H19N3O. The van der Waals surface area contributed by atoms with Crippen molar-refractivity contribution in [2.45, 2.75) is 39.2 Å². The molecule has 0 radical (unpaired) electrons. The summed E-state index contributed by atoms with van der Waals surface area (Å²) in [5.74, 6) is 0. The lowest BCUT2D eigenvalue weighted by molar-refractivity contribution is 0.673. The zero-order valence-electron chi connectivity index (χ0n) is 12.7. The van der Waals surface area contributed by atoms with Crippen LogP contribution in [0.1, 0.15) is 35.2 Å². The molecule has 4 heteroatoms. The van der Waals surface area contributed by atoms with E-state index in [4.69, 9.17) is 0 Å². The van der Waals surface area contributed by atoms with Crippen LogP contribution in [0.4, 0.5) is 0 Å². The van der Waals surface area contributed by atoms with Gasteiger partial charge in [0.25, 0.3) is 5.56 Å². The highest BCUT2D eigenvalue weighted by molar-refractivity contribution is 5.56. The van der Waals surface area contributed by atoms with Gasteiger partial charge in [0.15, 0.2) is 0 Å². The van der Waals surface area contributed by atoms with E-state index in [9.17, 15) is 4.79 Å². The second kappa shape index (κ2) is 5.13. The second-order valence-corrected chi connectivity index (χ2v) is 6.08. The summed E-state index contributed by atoms with van der Waals surface area (Å²) < 4.78 is 3.57. The quantitative estimate of drug-likeness (QED) is 0.729. The zero-order valence-corrected chi connectivity index (χ0v) is 12.7. The Morgan fingerprint density at radius 2 is 1.95 bits per heavy atom. The molecule has 0 unspecified atom stereocenters. The smallest absolute Gasteiger partial charge is 0.277 e. The molecule has 2 aromatic heterocycles. The van der Waals surface area contributed by atoms with E-state index in [0.29, 0.717) is 6.54 Å². The predicted molar refractivity (Wildman–Crippen MR) is 86.4 cm³/mol. The number of rotatable bonds is 2. The number of benzene rings is 1. The molecule has 0 saturated heterocycles. The van der Waals surface area contributed by atoms with Crippen molar-refractivity contribution in [2.24, 2.45) is 0 Å². The molecule has 1 aromatic carbocycles. The van der Waals surface area contributed by atoms with Crippen LogP contribution in [-0.4, -0.2) is 14.2 Å². The third-order valence-electron chi connectivity index (χ3n) is 4.64. The highest BCUT2D eigenvalue weighted by Crippen LogP contribution is 2.22. The van der Waals surface area contributed by atoms with Crippen LogP contribution in [-0.2, 0) is 19.4 Å². The van der Waals surface area contributed by atoms with Gasteiger partial charge in [0.05, 0.1) is 12.2 Å². The van der Waals surface area contributed by atoms with Crippen molar-refractivity contribution in [3.05, 3.63) is 69.4 Å². The van der Waals surface area contributed by atoms with Crippen molar-refractivity contribution in [3.8, 4) is 0 Å². The van der Waals surface area contributed by atoms with Gasteiger partial charge in [0.2, 0.25) is 0 Å². The molecule has 112 valence electrons. The number of aryl methyl sites for hydroxylation is 3. The molecule has 22 heavy (non-hydrogen) atoms. The Labute approximate surface area is 129 Å². The maximum absolute atomic E-state index is 12.9. The maximum Gasteiger partial charge on any atom is 0.277 e. The Morgan fingerprint density at radius 1 is 1.14 bits per heavy atom. The van der Waals surface area contributed by atoms with Gasteiger partial charge in [-0.05, 0) is 43.7 Å². The van der Waals surface area contributed by atoms with Crippen LogP contribution >= 0.6 is 0 Å². The van der Waals surface area contributed by atoms with E-state index in [2.05, 4.69) is 24.2 Å². The van der Waals surface area contributed by atoms with Crippen molar-refractivity contribution in [3.63, 3.8) is 0 Å². The Hall–Kier alpha value is -2.36. The summed E-state index contributed by atoms with van der Waals surface area (Å²) in [5.41, 5.74) is 5.51. The third-order valence-corrected chi connectivity index (χ3v) is 4.64. The molecule has 0 bridgehead atoms. The molecule has 2 heterocycles. The molecule has 3 aromatic rings. The van der Waals surface area contributed by atoms with Crippen LogP contribution in [0.15, 0.2) is 41.5 Å². The molecule has 1 aliphatic rings. The second-order valence-electron chi connectivity index (χ2n) is 6.08. The van der Waals surface area contributed by atoms with E-state index in [1.54, 1.807) is 9.08 Å². The molecule has 0 aliphatic heterocycles. The first-order valence-corrected chi connectivity index (χ1v) is 7.88. The molecule has 4 nitrogen and oxygen atoms in total. The van der Waals surface area contributed by atoms with Crippen LogP contribution in [0.2, 0.25) is 0 Å². The highest BCUT2D eigenvalue weighted by Gasteiger charge is 2.19. The lowest BCUT2D eigenvalue weighted by Crippen LogP contribution is -2.23. The molecule has 4 rings (SSSR count). The number of hydrogen-bond acceptors (Lipinski definition) is 2. The van der Waals surface area contributed by atoms with Crippen LogP contribution in [0.25, 0.3) is 5.52 Å². The van der Waals surface area contributed by atoms with E-state index < -0.39 is 0 Å². The van der Waals surface area contributed by atoms with Gasteiger partial charge in [-0.2, -0.15) is 5.10 Å². The van der Waals surface area contributed by atoms with Gasteiger partial charge in [0.1, 0.15) is 5.52 Å². The topological polar surface area (TPSA) is 39.3 Å². The average Bonchev–Trinajstić information content (AvgIpc) is 2.91. The Bertz CT molecular complexity index is 904. The van der Waals surface area contributed by atoms with Crippen molar-refractivity contribution in [1.29, 1.82) is 0 Å². The van der Waals surface area contributed by atoms with Crippen LogP contribution in [0.3, 0.4) is 0 Å². The first-order chi connectivity index (χ1) is 10.7. The molecule has 0 saturated carbocycles. The lowest BCUT2D eigenvalue weighted by Gasteiger charge is -2.10. The summed E-state index contributed by atoms with van der Waals surface area (Å²) in [6.07, 6.45) is 8.05. The third kappa shape index (κ3) is 2.06. The fraction of sp³-hybridized carbons (Fsp3) is 0.333. The SMILES string of the molecule is Cc1ccccc1Cn1ccn2nc3c(c2c1=O)CCCC3. The minimum absolute atomic E-state index is 0.0707. The summed E-state index contributed by atoms with van der Waals surface area (Å²) in [6.45, 7) is 2.70. The van der Waals surface area contributed by atoms with Gasteiger partial charge >= 0.3 is 0 Å². The van der Waals surface area contributed by atoms with Gasteiger partial charge in [-0.1, -0.05) is 24.3 Å². The summed E-state index contributed by atoms with van der Waals surface area (Å²) in [4.78, 5) is 12.9. The largest absolute Gasteiger partial charge is 0.308 e. The molecule has 0 atom stereocenters. The first kappa shape index (κ1) is 13.3. The van der Waals surface area contributed by atoms with Gasteiger partial charge in [-0.15, -0.1) is 0 Å². The highest BCUT2D eigenvalue weighted by atomic mass is 16.1. The van der Waals surface area contributed by atoms with E-state index in [-0.39, 0.29) is 5.56 Å². The standard InChI is InChI=1S/C18H19N3O/c1-13-6-2-3-7-14(13)12-20-10-11-21-17(18(20)22)15-8-4-5-9-16(15)19-21/h2-3,6-7,10-11H,4-5,8-9,12H2,1H3. The Balaban J connectivity index is 1.84. The average molecular weight is 293 g/mol. The van der Waals surface area contributed by atoms with Gasteiger partial charge < -0.3 is 4.57 Å². The number of nitrogens with zero attached hydrogens (tertiary/aromatic N) is 3. The van der Waals surface area contributed by atoms with E-state index in [1.165, 1.54) is 17.5 Å². The van der Waals surface area contributed by atoms with Crippen molar-refractivity contribution < 1.29 is 0 Å². The van der Waals surface area contributed by atoms with Gasteiger partial charge in [-0.25, -0.2) is 4.52 Å². The van der Waals surface area contributed by atoms with E-state index >= 15 is 0 Å². The van der Waals surface area contributed by atoms with Gasteiger partial charge in [0, 0.05) is 18.0 Å². The van der Waals surface area contributed by atoms with Crippen molar-refractivity contribution >= 4 is 5.52 Å². The fourth-order valence-electron chi connectivity index (χ4n) is 3.35. The summed E-state index contributed by atoms with van der Waals surface area (Å²) in [5, 5.41) is 4.58. The van der Waals surface area contributed by atoms with E-state index in [1.807, 2.05) is 24.5 Å². The minimum atomic E-state index is 0.0707. The summed E-state index contributed by atoms with van der Waals surface area (Å²) in [6, 6.07) is 8.21. The minimum Gasteiger partial charge on any atom is -0.308 e. The molecule has 0 amide bonds. The van der Waals surface area contributed by atoms with E-state index in [0.717, 1.165) is 36.0 Å². The summed E-state index contributed by atoms with van der Waals surface area (Å²) in [7, 11) is 0. The fourth-order valence-corrected chi connectivity index (χ4v) is 3.35. The summed E-state index contributed by atoms with van der Waals surface area (Å²) >= 11 is 0. The molecule has 1 aliphatic carbocycles. The van der Waals surface area contributed by atoms with Crippen LogP contribution in [0.5, 0.6) is 0 Å².